The Hall–Kier alpha value is -6.20. The number of ketones is 1. The summed E-state index contributed by atoms with van der Waals surface area (Å²) in [5, 5.41) is 0.633. The van der Waals surface area contributed by atoms with E-state index >= 15 is 35.1 Å². The van der Waals surface area contributed by atoms with Gasteiger partial charge in [0.05, 0.1) is 12.4 Å². The Labute approximate surface area is 330 Å². The highest BCUT2D eigenvalue weighted by Gasteiger charge is 2.52. The van der Waals surface area contributed by atoms with E-state index in [-0.39, 0.29) is 5.78 Å². The van der Waals surface area contributed by atoms with E-state index in [1.165, 1.54) is 0 Å². The number of aromatic nitrogens is 2. The molecule has 25 heteroatoms. The molecular weight excluding hydrogens is 903 g/mol. The summed E-state index contributed by atoms with van der Waals surface area (Å²) in [4.78, 5) is 15.7. The van der Waals surface area contributed by atoms with Gasteiger partial charge in [-0.1, -0.05) is 11.6 Å². The third-order valence-corrected chi connectivity index (χ3v) is 9.14. The normalized spacial score (nSPS) is 11.5. The van der Waals surface area contributed by atoms with Crippen LogP contribution in [0.2, 0.25) is 5.02 Å². The second-order valence-corrected chi connectivity index (χ2v) is 12.6. The molecule has 1 heterocycles. The Morgan fingerprint density at radius 3 is 0.885 bits per heavy atom. The fraction of sp³-hybridized carbons (Fsp3) is 0.0278. The average Bonchev–Trinajstić information content (AvgIpc) is 3.24. The lowest BCUT2D eigenvalue weighted by molar-refractivity contribution is -0.683. The van der Waals surface area contributed by atoms with Gasteiger partial charge >= 0.3 is 0 Å². The molecule has 320 valence electrons. The van der Waals surface area contributed by atoms with Gasteiger partial charge < -0.3 is 0 Å². The summed E-state index contributed by atoms with van der Waals surface area (Å²) in [5.74, 6) is -71.4. The van der Waals surface area contributed by atoms with E-state index in [1.54, 1.807) is 53.6 Å². The van der Waals surface area contributed by atoms with Crippen LogP contribution in [0.3, 0.4) is 0 Å². The molecule has 6 aromatic rings. The van der Waals surface area contributed by atoms with Gasteiger partial charge in [-0.3, -0.25) is 9.78 Å². The van der Waals surface area contributed by atoms with E-state index in [9.17, 15) is 57.5 Å². The number of carbonyl (C=O) groups excluding carboxylic acids is 1. The second kappa shape index (κ2) is 17.0. The van der Waals surface area contributed by atoms with Crippen LogP contribution in [-0.4, -0.2) is 16.9 Å². The van der Waals surface area contributed by atoms with E-state index < -0.39 is 144 Å². The first kappa shape index (κ1) is 45.9. The highest BCUT2D eigenvalue weighted by molar-refractivity contribution is 7.20. The molecule has 0 N–H and O–H groups in total. The molecule has 0 bridgehead atoms. The zero-order valence-electron chi connectivity index (χ0n) is 28.6. The standard InChI is InChI=1S/C24BF20.C12H10ClN2O/c26-5-1(6(27)14(35)21(42)13(5)34)25(2-7(28)15(36)22(43)16(37)8(2)29,3-9(30)17(38)23(44)18(39)10(3)31)4-11(32)19(40)24(45)20(41)12(4)33;13-11-3-1-10(2-4-11)12(16)9-15-7-5-14-6-8-15/h;1-8H,9H2/q-1;+1. The molecule has 0 unspecified atom stereocenters. The molecule has 61 heavy (non-hydrogen) atoms. The van der Waals surface area contributed by atoms with Crippen LogP contribution in [0.25, 0.3) is 0 Å². The lowest BCUT2D eigenvalue weighted by Crippen LogP contribution is -2.81. The number of benzene rings is 5. The van der Waals surface area contributed by atoms with Crippen molar-refractivity contribution in [3.8, 4) is 0 Å². The molecule has 0 saturated heterocycles. The minimum absolute atomic E-state index is 0.0490. The minimum atomic E-state index is -7.22. The summed E-state index contributed by atoms with van der Waals surface area (Å²) >= 11 is 5.75. The fourth-order valence-electron chi connectivity index (χ4n) is 6.22. The van der Waals surface area contributed by atoms with Crippen molar-refractivity contribution in [2.75, 3.05) is 0 Å². The first-order chi connectivity index (χ1) is 28.5. The van der Waals surface area contributed by atoms with E-state index in [0.29, 0.717) is 17.1 Å². The molecule has 1 aromatic heterocycles. The van der Waals surface area contributed by atoms with Crippen LogP contribution in [0, 0.1) is 116 Å². The van der Waals surface area contributed by atoms with Crippen LogP contribution >= 0.6 is 11.6 Å². The van der Waals surface area contributed by atoms with Gasteiger partial charge in [-0.25, -0.2) is 87.8 Å². The summed E-state index contributed by atoms with van der Waals surface area (Å²) in [5.41, 5.74) is -13.7. The maximum atomic E-state index is 15.4. The summed E-state index contributed by atoms with van der Waals surface area (Å²) < 4.78 is 296. The first-order valence-corrected chi connectivity index (χ1v) is 16.1. The molecule has 0 fully saturated rings. The van der Waals surface area contributed by atoms with E-state index in [4.69, 9.17) is 11.6 Å². The van der Waals surface area contributed by atoms with Crippen molar-refractivity contribution in [1.82, 2.24) is 4.98 Å². The quantitative estimate of drug-likeness (QED) is 0.0411. The van der Waals surface area contributed by atoms with Gasteiger partial charge in [0.15, 0.2) is 82.2 Å². The largest absolute Gasteiger partial charge is 0.287 e. The van der Waals surface area contributed by atoms with E-state index in [2.05, 4.69) is 4.98 Å². The van der Waals surface area contributed by atoms with Crippen molar-refractivity contribution in [3.63, 3.8) is 0 Å². The summed E-state index contributed by atoms with van der Waals surface area (Å²) in [6, 6.07) is 6.89. The Morgan fingerprint density at radius 2 is 0.639 bits per heavy atom. The third kappa shape index (κ3) is 7.39. The summed E-state index contributed by atoms with van der Waals surface area (Å²) in [6.07, 6.45) is -0.406. The first-order valence-electron chi connectivity index (χ1n) is 15.8. The number of hydrogen-bond acceptors (Lipinski definition) is 2. The molecule has 0 atom stereocenters. The van der Waals surface area contributed by atoms with Crippen LogP contribution in [0.4, 0.5) is 87.8 Å². The molecule has 6 rings (SSSR count). The molecule has 0 saturated carbocycles. The second-order valence-electron chi connectivity index (χ2n) is 12.1. The third-order valence-electron chi connectivity index (χ3n) is 8.89. The van der Waals surface area contributed by atoms with Crippen LogP contribution < -0.4 is 26.4 Å². The fourth-order valence-corrected chi connectivity index (χ4v) is 6.35. The Bertz CT molecular complexity index is 2380. The molecule has 0 aliphatic carbocycles. The van der Waals surface area contributed by atoms with Gasteiger partial charge in [0.1, 0.15) is 52.7 Å². The number of halogens is 21. The minimum Gasteiger partial charge on any atom is -0.287 e. The molecular formula is C36H10BClF20N2O. The van der Waals surface area contributed by atoms with Crippen molar-refractivity contribution in [2.24, 2.45) is 0 Å². The van der Waals surface area contributed by atoms with Crippen molar-refractivity contribution in [3.05, 3.63) is 176 Å². The van der Waals surface area contributed by atoms with Crippen LogP contribution in [0.5, 0.6) is 0 Å². The average molecular weight is 913 g/mol. The molecule has 3 nitrogen and oxygen atoms in total. The van der Waals surface area contributed by atoms with Gasteiger partial charge in [-0.2, -0.15) is 4.57 Å². The lowest BCUT2D eigenvalue weighted by atomic mass is 9.12. The van der Waals surface area contributed by atoms with Crippen LogP contribution in [-0.2, 0) is 6.54 Å². The van der Waals surface area contributed by atoms with Crippen LogP contribution in [0.15, 0.2) is 49.1 Å². The molecule has 0 spiro atoms. The molecule has 0 amide bonds. The number of Topliss-reactive ketones (excluding diaryl/α,β-unsaturated/α-hetero) is 1. The highest BCUT2D eigenvalue weighted by Crippen LogP contribution is 2.30. The Morgan fingerprint density at radius 1 is 0.410 bits per heavy atom. The molecule has 0 aliphatic heterocycles. The Balaban J connectivity index is 0.000000366. The van der Waals surface area contributed by atoms with Gasteiger partial charge in [-0.05, 0) is 24.3 Å². The van der Waals surface area contributed by atoms with Gasteiger partial charge in [0, 0.05) is 10.6 Å². The maximum Gasteiger partial charge on any atom is 0.227 e. The zero-order valence-corrected chi connectivity index (χ0v) is 29.4. The number of rotatable bonds is 7. The van der Waals surface area contributed by atoms with Crippen molar-refractivity contribution < 1.29 is 97.2 Å². The smallest absolute Gasteiger partial charge is 0.227 e. The lowest BCUT2D eigenvalue weighted by Gasteiger charge is -2.44. The number of hydrogen-bond donors (Lipinski definition) is 0. The maximum absolute atomic E-state index is 15.4. The van der Waals surface area contributed by atoms with Gasteiger partial charge in [-0.15, -0.1) is 21.9 Å². The molecule has 5 aromatic carbocycles. The molecule has 0 aliphatic rings. The van der Waals surface area contributed by atoms with Gasteiger partial charge in [0.2, 0.25) is 12.3 Å². The van der Waals surface area contributed by atoms with Crippen LogP contribution in [0.1, 0.15) is 10.4 Å². The summed E-state index contributed by atoms with van der Waals surface area (Å²) in [7, 11) is 0. The number of carbonyl (C=O) groups is 1. The van der Waals surface area contributed by atoms with Crippen molar-refractivity contribution in [1.29, 1.82) is 0 Å². The van der Waals surface area contributed by atoms with E-state index in [0.717, 1.165) is 0 Å². The molecule has 0 radical (unpaired) electrons. The predicted octanol–water partition coefficient (Wildman–Crippen LogP) is 7.75. The van der Waals surface area contributed by atoms with Gasteiger partial charge in [0.25, 0.3) is 0 Å². The zero-order chi connectivity index (χ0) is 45.7. The summed E-state index contributed by atoms with van der Waals surface area (Å²) in [6.45, 7) is 0.310. The monoisotopic (exact) mass is 912 g/mol. The van der Waals surface area contributed by atoms with Crippen molar-refractivity contribution in [2.45, 2.75) is 6.54 Å². The SMILES string of the molecule is Fc1c(F)c(F)c([B-](c2c(F)c(F)c(F)c(F)c2F)(c2c(F)c(F)c(F)c(F)c2F)c2c(F)c(F)c(F)c(F)c2F)c(F)c1F.O=C(C[n+]1ccncc1)c1ccc(Cl)cc1. The predicted molar refractivity (Wildman–Crippen MR) is 169 cm³/mol. The number of nitrogens with zero attached hydrogens (tertiary/aromatic N) is 2. The van der Waals surface area contributed by atoms with E-state index in [1.807, 2.05) is 0 Å². The topological polar surface area (TPSA) is 33.8 Å². The van der Waals surface area contributed by atoms with Crippen molar-refractivity contribution >= 4 is 45.4 Å². The Kier molecular flexibility index (Phi) is 12.8. The highest BCUT2D eigenvalue weighted by atomic mass is 35.5.